The third-order valence-electron chi connectivity index (χ3n) is 2.81. The molecule has 1 aromatic carbocycles. The van der Waals surface area contributed by atoms with Crippen LogP contribution in [0.5, 0.6) is 0 Å². The zero-order chi connectivity index (χ0) is 11.5. The summed E-state index contributed by atoms with van der Waals surface area (Å²) in [6.07, 6.45) is 2.65. The first-order valence-corrected chi connectivity index (χ1v) is 5.46. The van der Waals surface area contributed by atoms with Gasteiger partial charge in [-0.1, -0.05) is 31.9 Å². The van der Waals surface area contributed by atoms with Gasteiger partial charge in [-0.15, -0.1) is 0 Å². The van der Waals surface area contributed by atoms with Crippen LogP contribution in [-0.2, 0) is 5.60 Å². The van der Waals surface area contributed by atoms with Crippen molar-refractivity contribution in [2.24, 2.45) is 0 Å². The van der Waals surface area contributed by atoms with E-state index in [0.29, 0.717) is 17.5 Å². The summed E-state index contributed by atoms with van der Waals surface area (Å²) in [7, 11) is 0. The number of hydrogen-bond acceptors (Lipinski definition) is 1. The van der Waals surface area contributed by atoms with Crippen molar-refractivity contribution in [1.82, 2.24) is 0 Å². The van der Waals surface area contributed by atoms with Crippen molar-refractivity contribution in [3.05, 3.63) is 35.1 Å². The monoisotopic (exact) mass is 210 g/mol. The van der Waals surface area contributed by atoms with Gasteiger partial charge in [-0.3, -0.25) is 0 Å². The lowest BCUT2D eigenvalue weighted by Gasteiger charge is -2.24. The van der Waals surface area contributed by atoms with E-state index in [4.69, 9.17) is 0 Å². The Hall–Kier alpha value is -0.890. The zero-order valence-electron chi connectivity index (χ0n) is 9.68. The molecule has 1 atom stereocenters. The summed E-state index contributed by atoms with van der Waals surface area (Å²) >= 11 is 0. The van der Waals surface area contributed by atoms with Gasteiger partial charge in [0.2, 0.25) is 0 Å². The molecule has 0 heterocycles. The lowest BCUT2D eigenvalue weighted by atomic mass is 9.90. The molecule has 0 aliphatic rings. The fraction of sp³-hybridized carbons (Fsp3) is 0.538. The first-order valence-electron chi connectivity index (χ1n) is 5.46. The quantitative estimate of drug-likeness (QED) is 0.806. The third-order valence-corrected chi connectivity index (χ3v) is 2.81. The van der Waals surface area contributed by atoms with Crippen molar-refractivity contribution >= 4 is 0 Å². The molecule has 0 fully saturated rings. The average Bonchev–Trinajstić information content (AvgIpc) is 2.19. The molecule has 2 heteroatoms. The van der Waals surface area contributed by atoms with Crippen LogP contribution < -0.4 is 0 Å². The summed E-state index contributed by atoms with van der Waals surface area (Å²) in [5.74, 6) is -0.246. The Labute approximate surface area is 90.9 Å². The van der Waals surface area contributed by atoms with Crippen molar-refractivity contribution in [1.29, 1.82) is 0 Å². The summed E-state index contributed by atoms with van der Waals surface area (Å²) in [6, 6.07) is 4.95. The number of rotatable bonds is 4. The molecule has 0 aliphatic carbocycles. The topological polar surface area (TPSA) is 20.2 Å². The predicted molar refractivity (Wildman–Crippen MR) is 60.2 cm³/mol. The van der Waals surface area contributed by atoms with Crippen LogP contribution in [0.2, 0.25) is 0 Å². The van der Waals surface area contributed by atoms with E-state index in [1.54, 1.807) is 26.0 Å². The molecule has 1 rings (SSSR count). The minimum atomic E-state index is -0.912. The molecule has 1 N–H and O–H groups in total. The van der Waals surface area contributed by atoms with E-state index in [9.17, 15) is 9.50 Å². The largest absolute Gasteiger partial charge is 0.385 e. The fourth-order valence-corrected chi connectivity index (χ4v) is 1.59. The van der Waals surface area contributed by atoms with Crippen molar-refractivity contribution in [2.75, 3.05) is 0 Å². The highest BCUT2D eigenvalue weighted by molar-refractivity contribution is 5.27. The highest BCUT2D eigenvalue weighted by Crippen LogP contribution is 2.27. The summed E-state index contributed by atoms with van der Waals surface area (Å²) < 4.78 is 13.3. The summed E-state index contributed by atoms with van der Waals surface area (Å²) in [6.45, 7) is 5.54. The van der Waals surface area contributed by atoms with Crippen molar-refractivity contribution < 1.29 is 9.50 Å². The van der Waals surface area contributed by atoms with Crippen LogP contribution >= 0.6 is 0 Å². The maximum absolute atomic E-state index is 13.3. The van der Waals surface area contributed by atoms with Crippen LogP contribution in [0.4, 0.5) is 4.39 Å². The van der Waals surface area contributed by atoms with E-state index in [2.05, 4.69) is 6.92 Å². The fourth-order valence-electron chi connectivity index (χ4n) is 1.59. The minimum Gasteiger partial charge on any atom is -0.385 e. The Bertz CT molecular complexity index is 331. The Balaban J connectivity index is 2.89. The summed E-state index contributed by atoms with van der Waals surface area (Å²) in [5.41, 5.74) is 0.369. The van der Waals surface area contributed by atoms with Crippen molar-refractivity contribution in [3.8, 4) is 0 Å². The Morgan fingerprint density at radius 1 is 1.40 bits per heavy atom. The van der Waals surface area contributed by atoms with Gasteiger partial charge in [0.1, 0.15) is 5.82 Å². The van der Waals surface area contributed by atoms with Crippen LogP contribution in [-0.4, -0.2) is 5.11 Å². The van der Waals surface area contributed by atoms with Gasteiger partial charge in [0.25, 0.3) is 0 Å². The van der Waals surface area contributed by atoms with Gasteiger partial charge in [-0.2, -0.15) is 0 Å². The second kappa shape index (κ2) is 4.75. The highest BCUT2D eigenvalue weighted by atomic mass is 19.1. The van der Waals surface area contributed by atoms with E-state index in [1.165, 1.54) is 6.07 Å². The van der Waals surface area contributed by atoms with E-state index in [-0.39, 0.29) is 5.82 Å². The number of benzene rings is 1. The molecule has 0 saturated carbocycles. The van der Waals surface area contributed by atoms with E-state index >= 15 is 0 Å². The first-order chi connectivity index (χ1) is 6.97. The number of hydrogen-bond donors (Lipinski definition) is 1. The number of aliphatic hydroxyl groups is 1. The van der Waals surface area contributed by atoms with Crippen LogP contribution in [0.15, 0.2) is 18.2 Å². The zero-order valence-corrected chi connectivity index (χ0v) is 9.68. The maximum Gasteiger partial charge on any atom is 0.126 e. The third kappa shape index (κ3) is 3.03. The smallest absolute Gasteiger partial charge is 0.126 e. The normalized spacial score (nSPS) is 15.0. The SMILES string of the molecule is CCCCC(C)(O)c1ccc(C)c(F)c1. The van der Waals surface area contributed by atoms with Crippen LogP contribution in [0.3, 0.4) is 0 Å². The molecule has 0 aliphatic heterocycles. The minimum absolute atomic E-state index is 0.246. The van der Waals surface area contributed by atoms with Crippen LogP contribution in [0, 0.1) is 12.7 Å². The first kappa shape index (κ1) is 12.2. The van der Waals surface area contributed by atoms with Crippen LogP contribution in [0.25, 0.3) is 0 Å². The van der Waals surface area contributed by atoms with Crippen molar-refractivity contribution in [2.45, 2.75) is 45.6 Å². The van der Waals surface area contributed by atoms with Gasteiger partial charge in [0.15, 0.2) is 0 Å². The Kier molecular flexibility index (Phi) is 3.86. The van der Waals surface area contributed by atoms with E-state index in [1.807, 2.05) is 0 Å². The average molecular weight is 210 g/mol. The lowest BCUT2D eigenvalue weighted by molar-refractivity contribution is 0.0450. The van der Waals surface area contributed by atoms with Gasteiger partial charge in [0, 0.05) is 0 Å². The second-order valence-corrected chi connectivity index (χ2v) is 4.34. The van der Waals surface area contributed by atoms with E-state index < -0.39 is 5.60 Å². The molecular weight excluding hydrogens is 191 g/mol. The van der Waals surface area contributed by atoms with Gasteiger partial charge in [-0.05, 0) is 37.5 Å². The molecule has 0 amide bonds. The van der Waals surface area contributed by atoms with E-state index in [0.717, 1.165) is 12.8 Å². The van der Waals surface area contributed by atoms with Crippen LogP contribution in [0.1, 0.15) is 44.2 Å². The molecule has 15 heavy (non-hydrogen) atoms. The lowest BCUT2D eigenvalue weighted by Crippen LogP contribution is -2.21. The summed E-state index contributed by atoms with van der Waals surface area (Å²) in [5, 5.41) is 10.2. The molecule has 0 saturated heterocycles. The molecule has 1 nitrogen and oxygen atoms in total. The molecule has 0 aromatic heterocycles. The number of aryl methyl sites for hydroxylation is 1. The summed E-state index contributed by atoms with van der Waals surface area (Å²) in [4.78, 5) is 0. The van der Waals surface area contributed by atoms with Gasteiger partial charge < -0.3 is 5.11 Å². The second-order valence-electron chi connectivity index (χ2n) is 4.34. The maximum atomic E-state index is 13.3. The molecule has 0 bridgehead atoms. The number of halogens is 1. The molecular formula is C13H19FO. The molecule has 0 spiro atoms. The highest BCUT2D eigenvalue weighted by Gasteiger charge is 2.22. The standard InChI is InChI=1S/C13H19FO/c1-4-5-8-13(3,15)11-7-6-10(2)12(14)9-11/h6-7,9,15H,4-5,8H2,1-3H3. The molecule has 1 unspecified atom stereocenters. The number of unbranched alkanes of at least 4 members (excludes halogenated alkanes) is 1. The Morgan fingerprint density at radius 2 is 2.07 bits per heavy atom. The Morgan fingerprint density at radius 3 is 2.60 bits per heavy atom. The molecule has 0 radical (unpaired) electrons. The van der Waals surface area contributed by atoms with Gasteiger partial charge >= 0.3 is 0 Å². The predicted octanol–water partition coefficient (Wildman–Crippen LogP) is 3.53. The molecule has 1 aromatic rings. The van der Waals surface area contributed by atoms with Gasteiger partial charge in [-0.25, -0.2) is 4.39 Å². The molecule has 84 valence electrons. The van der Waals surface area contributed by atoms with Gasteiger partial charge in [0.05, 0.1) is 5.60 Å². The van der Waals surface area contributed by atoms with Crippen molar-refractivity contribution in [3.63, 3.8) is 0 Å².